The summed E-state index contributed by atoms with van der Waals surface area (Å²) in [6.45, 7) is 19.2. The van der Waals surface area contributed by atoms with Crippen molar-refractivity contribution in [1.29, 1.82) is 0 Å². The molecule has 0 bridgehead atoms. The zero-order valence-corrected chi connectivity index (χ0v) is 28.1. The highest BCUT2D eigenvalue weighted by Gasteiger charge is 2.13. The second kappa shape index (κ2) is 16.5. The first-order chi connectivity index (χ1) is 22.0. The van der Waals surface area contributed by atoms with Crippen molar-refractivity contribution in [2.45, 2.75) is 41.5 Å². The Bertz CT molecular complexity index is 1550. The third kappa shape index (κ3) is 8.33. The lowest BCUT2D eigenvalue weighted by Gasteiger charge is -2.21. The zero-order valence-electron chi connectivity index (χ0n) is 28.1. The fourth-order valence-electron chi connectivity index (χ4n) is 5.94. The molecular formula is C41H51N4+. The smallest absolute Gasteiger partial charge is 0.199 e. The molecule has 0 atom stereocenters. The van der Waals surface area contributed by atoms with E-state index in [0.717, 1.165) is 56.1 Å². The Morgan fingerprint density at radius 2 is 1.04 bits per heavy atom. The molecule has 4 nitrogen and oxygen atoms in total. The molecule has 0 radical (unpaired) electrons. The van der Waals surface area contributed by atoms with Crippen LogP contribution in [-0.4, -0.2) is 49.6 Å². The molecule has 0 heterocycles. The van der Waals surface area contributed by atoms with Gasteiger partial charge in [-0.15, -0.1) is 0 Å². The molecule has 4 rings (SSSR count). The predicted molar refractivity (Wildman–Crippen MR) is 199 cm³/mol. The van der Waals surface area contributed by atoms with E-state index in [1.165, 1.54) is 39.4 Å². The average molecular weight is 600 g/mol. The van der Waals surface area contributed by atoms with Gasteiger partial charge in [-0.3, -0.25) is 0 Å². The molecule has 0 spiro atoms. The van der Waals surface area contributed by atoms with E-state index in [1.54, 1.807) is 0 Å². The molecule has 0 unspecified atom stereocenters. The summed E-state index contributed by atoms with van der Waals surface area (Å²) in [5.74, 6) is 0. The van der Waals surface area contributed by atoms with Gasteiger partial charge in [0.15, 0.2) is 5.71 Å². The topological polar surface area (TPSA) is 35.5 Å². The molecule has 3 aromatic carbocycles. The maximum Gasteiger partial charge on any atom is 0.199 e. The van der Waals surface area contributed by atoms with Crippen LogP contribution in [0.25, 0.3) is 11.1 Å². The van der Waals surface area contributed by atoms with Gasteiger partial charge >= 0.3 is 0 Å². The van der Waals surface area contributed by atoms with Crippen LogP contribution in [0.15, 0.2) is 121 Å². The minimum absolute atomic E-state index is 0.766. The van der Waals surface area contributed by atoms with Crippen LogP contribution >= 0.6 is 0 Å². The highest BCUT2D eigenvalue weighted by molar-refractivity contribution is 6.03. The first-order valence-corrected chi connectivity index (χ1v) is 16.6. The third-order valence-corrected chi connectivity index (χ3v) is 8.67. The summed E-state index contributed by atoms with van der Waals surface area (Å²) >= 11 is 0. The quantitative estimate of drug-likeness (QED) is 0.121. The van der Waals surface area contributed by atoms with Gasteiger partial charge in [-0.25, -0.2) is 4.58 Å². The molecule has 45 heavy (non-hydrogen) atoms. The van der Waals surface area contributed by atoms with Crippen LogP contribution < -0.4 is 15.5 Å². The van der Waals surface area contributed by atoms with E-state index in [1.807, 2.05) is 12.1 Å². The van der Waals surface area contributed by atoms with Crippen molar-refractivity contribution < 1.29 is 4.58 Å². The van der Waals surface area contributed by atoms with Crippen LogP contribution in [0.2, 0.25) is 0 Å². The second-order valence-electron chi connectivity index (χ2n) is 11.1. The lowest BCUT2D eigenvalue weighted by Crippen LogP contribution is -2.21. The molecule has 1 aliphatic carbocycles. The number of anilines is 3. The zero-order chi connectivity index (χ0) is 32.2. The van der Waals surface area contributed by atoms with E-state index in [9.17, 15) is 0 Å². The summed E-state index contributed by atoms with van der Waals surface area (Å²) in [6, 6.07) is 26.1. The third-order valence-electron chi connectivity index (χ3n) is 8.67. The summed E-state index contributed by atoms with van der Waals surface area (Å²) in [6.07, 6.45) is 15.7. The Hall–Kier alpha value is -4.57. The number of rotatable bonds is 13. The monoisotopic (exact) mass is 599 g/mol. The first-order valence-electron chi connectivity index (χ1n) is 16.6. The van der Waals surface area contributed by atoms with Gasteiger partial charge < -0.3 is 15.5 Å². The van der Waals surface area contributed by atoms with Crippen LogP contribution in [0, 0.1) is 0 Å². The molecule has 1 aliphatic rings. The standard InChI is InChI=1S/C41H50N4/c1-7-43(8-2)37-26-18-33(19-27-37)40(32-16-24-36(42)25-17-32)14-13-15-41(34-20-28-38(29-21-34)44(9-3)10-4)35-22-30-39(31-23-35)45(11-5)12-6/h13-31,42H,7-12H2,1-6H3/p+1. The Balaban J connectivity index is 1.79. The van der Waals surface area contributed by atoms with E-state index in [4.69, 9.17) is 5.73 Å². The van der Waals surface area contributed by atoms with Crippen molar-refractivity contribution in [2.75, 3.05) is 54.8 Å². The van der Waals surface area contributed by atoms with Gasteiger partial charge in [0.1, 0.15) is 13.1 Å². The number of nitrogen functional groups attached to an aromatic ring is 1. The lowest BCUT2D eigenvalue weighted by molar-refractivity contribution is -0.519. The molecule has 234 valence electrons. The van der Waals surface area contributed by atoms with Crippen molar-refractivity contribution >= 4 is 33.9 Å². The number of hydrogen-bond acceptors (Lipinski definition) is 3. The fraction of sp³-hybridized carbons (Fsp3) is 0.293. The van der Waals surface area contributed by atoms with Crippen LogP contribution in [0.4, 0.5) is 17.1 Å². The molecular weight excluding hydrogens is 548 g/mol. The van der Waals surface area contributed by atoms with E-state index in [2.05, 4.69) is 159 Å². The van der Waals surface area contributed by atoms with Crippen LogP contribution in [0.3, 0.4) is 0 Å². The number of nitrogens with two attached hydrogens (primary N) is 1. The van der Waals surface area contributed by atoms with Crippen molar-refractivity contribution in [3.8, 4) is 0 Å². The van der Waals surface area contributed by atoms with Gasteiger partial charge in [0.2, 0.25) is 0 Å². The highest BCUT2D eigenvalue weighted by Crippen LogP contribution is 2.29. The molecule has 0 aromatic heterocycles. The maximum atomic E-state index is 6.06. The van der Waals surface area contributed by atoms with E-state index in [-0.39, 0.29) is 0 Å². The fourth-order valence-corrected chi connectivity index (χ4v) is 5.94. The maximum absolute atomic E-state index is 6.06. The van der Waals surface area contributed by atoms with Crippen LogP contribution in [0.5, 0.6) is 0 Å². The second-order valence-corrected chi connectivity index (χ2v) is 11.1. The Labute approximate surface area is 271 Å². The number of hydrogen-bond donors (Lipinski definition) is 1. The highest BCUT2D eigenvalue weighted by atomic mass is 15.1. The summed E-state index contributed by atoms with van der Waals surface area (Å²) < 4.78 is 2.38. The normalized spacial score (nSPS) is 13.1. The van der Waals surface area contributed by atoms with Crippen molar-refractivity contribution in [3.63, 3.8) is 0 Å². The van der Waals surface area contributed by atoms with E-state index >= 15 is 0 Å². The predicted octanol–water partition coefficient (Wildman–Crippen LogP) is 9.02. The summed E-state index contributed by atoms with van der Waals surface area (Å²) in [5.41, 5.74) is 17.6. The lowest BCUT2D eigenvalue weighted by atomic mass is 9.94. The van der Waals surface area contributed by atoms with Gasteiger partial charge in [0.05, 0.1) is 0 Å². The van der Waals surface area contributed by atoms with E-state index < -0.39 is 0 Å². The number of benzene rings is 3. The van der Waals surface area contributed by atoms with Crippen LogP contribution in [-0.2, 0) is 0 Å². The summed E-state index contributed by atoms with van der Waals surface area (Å²) in [5, 5.41) is 0. The Morgan fingerprint density at radius 3 is 1.49 bits per heavy atom. The van der Waals surface area contributed by atoms with Crippen molar-refractivity contribution in [1.82, 2.24) is 0 Å². The summed E-state index contributed by atoms with van der Waals surface area (Å²) in [4.78, 5) is 4.75. The molecule has 0 saturated carbocycles. The molecule has 0 fully saturated rings. The van der Waals surface area contributed by atoms with Gasteiger partial charge in [-0.2, -0.15) is 0 Å². The Kier molecular flexibility index (Phi) is 12.2. The van der Waals surface area contributed by atoms with Crippen LogP contribution in [0.1, 0.15) is 58.2 Å². The molecule has 4 heteroatoms. The molecule has 0 saturated heterocycles. The van der Waals surface area contributed by atoms with Gasteiger partial charge in [-0.1, -0.05) is 54.6 Å². The summed E-state index contributed by atoms with van der Waals surface area (Å²) in [7, 11) is 0. The minimum Gasteiger partial charge on any atom is -0.399 e. The van der Waals surface area contributed by atoms with Gasteiger partial charge in [-0.05, 0) is 124 Å². The van der Waals surface area contributed by atoms with Gasteiger partial charge in [0.25, 0.3) is 0 Å². The molecule has 3 aromatic rings. The Morgan fingerprint density at radius 1 is 0.600 bits per heavy atom. The molecule has 0 amide bonds. The molecule has 0 aliphatic heterocycles. The first kappa shape index (κ1) is 33.3. The van der Waals surface area contributed by atoms with E-state index in [0.29, 0.717) is 0 Å². The number of nitrogens with zero attached hydrogens (tertiary/aromatic N) is 3. The van der Waals surface area contributed by atoms with Crippen molar-refractivity contribution in [3.05, 3.63) is 138 Å². The number of allylic oxidation sites excluding steroid dienone is 9. The minimum atomic E-state index is 0.766. The average Bonchev–Trinajstić information content (AvgIpc) is 3.08. The van der Waals surface area contributed by atoms with Gasteiger partial charge in [0, 0.05) is 55.4 Å². The SMILES string of the molecule is CCN(CC)c1ccc(C(=CC=CC(=C2C=CC(=[N+](CC)CC)C=C2)c2ccc(N(CC)CC)cc2)c2ccc(N)cc2)cc1. The molecule has 2 N–H and O–H groups in total. The largest absolute Gasteiger partial charge is 0.399 e. The van der Waals surface area contributed by atoms with Crippen molar-refractivity contribution in [2.24, 2.45) is 0 Å².